The summed E-state index contributed by atoms with van der Waals surface area (Å²) in [6.07, 6.45) is 0. The van der Waals surface area contributed by atoms with Crippen molar-refractivity contribution in [3.05, 3.63) is 33.7 Å². The fourth-order valence-electron chi connectivity index (χ4n) is 1.60. The van der Waals surface area contributed by atoms with Gasteiger partial charge in [-0.2, -0.15) is 0 Å². The number of nitrogens with one attached hydrogen (secondary N) is 1. The molecule has 1 aromatic carbocycles. The molecule has 0 bridgehead atoms. The van der Waals surface area contributed by atoms with Crippen molar-refractivity contribution in [2.75, 3.05) is 10.5 Å². The number of halogens is 2. The van der Waals surface area contributed by atoms with E-state index >= 15 is 0 Å². The van der Waals surface area contributed by atoms with E-state index in [1.807, 2.05) is 0 Å². The lowest BCUT2D eigenvalue weighted by atomic mass is 10.2. The van der Waals surface area contributed by atoms with Crippen LogP contribution in [0.5, 0.6) is 0 Å². The van der Waals surface area contributed by atoms with Gasteiger partial charge in [-0.05, 0) is 47.5 Å². The number of hydrogen-bond donors (Lipinski definition) is 2. The van der Waals surface area contributed by atoms with E-state index in [-0.39, 0.29) is 19.5 Å². The average Bonchev–Trinajstić information content (AvgIpc) is 2.66. The Balaban J connectivity index is 2.43. The van der Waals surface area contributed by atoms with Gasteiger partial charge in [0.1, 0.15) is 5.82 Å². The second-order valence-electron chi connectivity index (χ2n) is 4.11. The molecular formula is C11H11BrFN3O2S2. The van der Waals surface area contributed by atoms with E-state index in [2.05, 4.69) is 25.6 Å². The highest BCUT2D eigenvalue weighted by Gasteiger charge is 2.22. The molecule has 108 valence electrons. The van der Waals surface area contributed by atoms with Crippen LogP contribution in [0, 0.1) is 19.7 Å². The maximum absolute atomic E-state index is 13.5. The molecule has 20 heavy (non-hydrogen) atoms. The number of nitrogens with zero attached hydrogens (tertiary/aromatic N) is 1. The first kappa shape index (κ1) is 15.2. The van der Waals surface area contributed by atoms with Crippen molar-refractivity contribution in [2.24, 2.45) is 0 Å². The third kappa shape index (κ3) is 2.94. The van der Waals surface area contributed by atoms with Crippen LogP contribution in [-0.4, -0.2) is 13.4 Å². The van der Waals surface area contributed by atoms with E-state index < -0.39 is 15.8 Å². The second-order valence-corrected chi connectivity index (χ2v) is 7.87. The molecule has 0 atom stereocenters. The zero-order valence-corrected chi connectivity index (χ0v) is 13.8. The van der Waals surface area contributed by atoms with Gasteiger partial charge in [0.05, 0.1) is 15.9 Å². The lowest BCUT2D eigenvalue weighted by Crippen LogP contribution is -2.13. The minimum absolute atomic E-state index is 0.0257. The Labute approximate surface area is 128 Å². The van der Waals surface area contributed by atoms with Crippen molar-refractivity contribution in [1.82, 2.24) is 4.98 Å². The molecule has 0 aliphatic rings. The Bertz CT molecular complexity index is 774. The molecular weight excluding hydrogens is 369 g/mol. The summed E-state index contributed by atoms with van der Waals surface area (Å²) in [6, 6.07) is 2.62. The molecule has 0 unspecified atom stereocenters. The molecule has 0 saturated heterocycles. The first-order valence-electron chi connectivity index (χ1n) is 5.42. The summed E-state index contributed by atoms with van der Waals surface area (Å²) in [7, 11) is -3.83. The Hall–Kier alpha value is -1.19. The first-order valence-corrected chi connectivity index (χ1v) is 8.51. The van der Waals surface area contributed by atoms with E-state index in [9.17, 15) is 12.8 Å². The third-order valence-corrected chi connectivity index (χ3v) is 6.10. The molecule has 2 rings (SSSR count). The number of hydrogen-bond acceptors (Lipinski definition) is 5. The van der Waals surface area contributed by atoms with Gasteiger partial charge < -0.3 is 5.73 Å². The number of aromatic nitrogens is 1. The van der Waals surface area contributed by atoms with Crippen molar-refractivity contribution in [1.29, 1.82) is 0 Å². The van der Waals surface area contributed by atoms with Crippen molar-refractivity contribution >= 4 is 48.1 Å². The predicted octanol–water partition coefficient (Wildman–Crippen LogP) is 3.04. The Morgan fingerprint density at radius 1 is 1.40 bits per heavy atom. The van der Waals surface area contributed by atoms with E-state index in [1.165, 1.54) is 6.07 Å². The van der Waals surface area contributed by atoms with Crippen LogP contribution in [0.15, 0.2) is 20.8 Å². The number of thiazole rings is 1. The molecule has 5 nitrogen and oxygen atoms in total. The van der Waals surface area contributed by atoms with E-state index in [0.717, 1.165) is 17.4 Å². The van der Waals surface area contributed by atoms with Crippen LogP contribution in [0.1, 0.15) is 11.3 Å². The molecule has 1 aromatic heterocycles. The normalized spacial score (nSPS) is 11.6. The number of rotatable bonds is 3. The summed E-state index contributed by atoms with van der Waals surface area (Å²) in [5, 5.41) is 0.168. The Kier molecular flexibility index (Phi) is 4.03. The minimum Gasteiger partial charge on any atom is -0.375 e. The fraction of sp³-hybridized carbons (Fsp3) is 0.182. The largest absolute Gasteiger partial charge is 0.375 e. The average molecular weight is 380 g/mol. The van der Waals surface area contributed by atoms with Crippen LogP contribution in [-0.2, 0) is 10.0 Å². The van der Waals surface area contributed by atoms with Crippen molar-refractivity contribution in [2.45, 2.75) is 18.1 Å². The molecule has 0 fully saturated rings. The van der Waals surface area contributed by atoms with E-state index in [0.29, 0.717) is 11.3 Å². The van der Waals surface area contributed by atoms with Gasteiger partial charge >= 0.3 is 0 Å². The highest BCUT2D eigenvalue weighted by Crippen LogP contribution is 2.29. The van der Waals surface area contributed by atoms with Crippen LogP contribution in [0.3, 0.4) is 0 Å². The minimum atomic E-state index is -3.83. The summed E-state index contributed by atoms with van der Waals surface area (Å²) >= 11 is 3.91. The zero-order valence-electron chi connectivity index (χ0n) is 10.6. The smallest absolute Gasteiger partial charge is 0.273 e. The molecule has 9 heteroatoms. The molecule has 0 aliphatic heterocycles. The molecule has 0 aliphatic carbocycles. The Morgan fingerprint density at radius 2 is 2.05 bits per heavy atom. The summed E-state index contributed by atoms with van der Waals surface area (Å²) in [6.45, 7) is 3.23. The van der Waals surface area contributed by atoms with Gasteiger partial charge in [-0.3, -0.25) is 4.72 Å². The second kappa shape index (κ2) is 5.30. The zero-order chi connectivity index (χ0) is 15.1. The monoisotopic (exact) mass is 379 g/mol. The number of nitrogen functional groups attached to an aromatic ring is 1. The number of aryl methyl sites for hydroxylation is 2. The van der Waals surface area contributed by atoms with Crippen molar-refractivity contribution < 1.29 is 12.8 Å². The number of anilines is 2. The highest BCUT2D eigenvalue weighted by molar-refractivity contribution is 9.10. The SMILES string of the molecule is Cc1cc(Br)c(F)cc1NS(=O)(=O)c1sc(N)nc1C. The predicted molar refractivity (Wildman–Crippen MR) is 80.9 cm³/mol. The van der Waals surface area contributed by atoms with Gasteiger partial charge in [0.2, 0.25) is 0 Å². The summed E-state index contributed by atoms with van der Waals surface area (Å²) in [5.74, 6) is -0.547. The molecule has 2 aromatic rings. The number of nitrogens with two attached hydrogens (primary N) is 1. The lowest BCUT2D eigenvalue weighted by molar-refractivity contribution is 0.602. The molecule has 0 radical (unpaired) electrons. The van der Waals surface area contributed by atoms with Crippen LogP contribution < -0.4 is 10.5 Å². The summed E-state index contributed by atoms with van der Waals surface area (Å²) in [5.41, 5.74) is 6.58. The summed E-state index contributed by atoms with van der Waals surface area (Å²) < 4.78 is 40.7. The Morgan fingerprint density at radius 3 is 2.60 bits per heavy atom. The maximum atomic E-state index is 13.5. The number of sulfonamides is 1. The van der Waals surface area contributed by atoms with Gasteiger partial charge in [0, 0.05) is 0 Å². The van der Waals surface area contributed by atoms with Gasteiger partial charge in [-0.25, -0.2) is 17.8 Å². The quantitative estimate of drug-likeness (QED) is 0.857. The van der Waals surface area contributed by atoms with Crippen LogP contribution in [0.2, 0.25) is 0 Å². The highest BCUT2D eigenvalue weighted by atomic mass is 79.9. The topological polar surface area (TPSA) is 85.1 Å². The standard InChI is InChI=1S/C11H11BrFN3O2S2/c1-5-3-7(12)8(13)4-9(5)16-20(17,18)10-6(2)15-11(14)19-10/h3-4,16H,1-2H3,(H2,14,15). The van der Waals surface area contributed by atoms with Gasteiger partial charge in [0.25, 0.3) is 10.0 Å². The fourth-order valence-corrected chi connectivity index (χ4v) is 4.48. The lowest BCUT2D eigenvalue weighted by Gasteiger charge is -2.10. The van der Waals surface area contributed by atoms with Gasteiger partial charge in [-0.1, -0.05) is 11.3 Å². The van der Waals surface area contributed by atoms with Crippen LogP contribution >= 0.6 is 27.3 Å². The molecule has 0 saturated carbocycles. The van der Waals surface area contributed by atoms with Gasteiger partial charge in [-0.15, -0.1) is 0 Å². The molecule has 0 spiro atoms. The molecule has 3 N–H and O–H groups in total. The third-order valence-electron chi connectivity index (χ3n) is 2.53. The van der Waals surface area contributed by atoms with E-state index in [4.69, 9.17) is 5.73 Å². The molecule has 0 amide bonds. The molecule has 1 heterocycles. The van der Waals surface area contributed by atoms with Crippen LogP contribution in [0.4, 0.5) is 15.2 Å². The number of benzene rings is 1. The van der Waals surface area contributed by atoms with Gasteiger partial charge in [0.15, 0.2) is 9.34 Å². The summed E-state index contributed by atoms with van der Waals surface area (Å²) in [4.78, 5) is 3.87. The van der Waals surface area contributed by atoms with Crippen molar-refractivity contribution in [3.63, 3.8) is 0 Å². The van der Waals surface area contributed by atoms with Crippen LogP contribution in [0.25, 0.3) is 0 Å². The maximum Gasteiger partial charge on any atom is 0.273 e. The van der Waals surface area contributed by atoms with E-state index in [1.54, 1.807) is 13.8 Å². The first-order chi connectivity index (χ1) is 9.20. The van der Waals surface area contributed by atoms with Crippen molar-refractivity contribution in [3.8, 4) is 0 Å².